The van der Waals surface area contributed by atoms with Crippen molar-refractivity contribution in [2.45, 2.75) is 31.7 Å². The van der Waals surface area contributed by atoms with E-state index in [2.05, 4.69) is 5.32 Å². The second-order valence-corrected chi connectivity index (χ2v) is 7.97. The summed E-state index contributed by atoms with van der Waals surface area (Å²) in [5.41, 5.74) is 0.991. The van der Waals surface area contributed by atoms with Crippen LogP contribution in [0, 0.1) is 5.92 Å². The Morgan fingerprint density at radius 3 is 2.48 bits per heavy atom. The van der Waals surface area contributed by atoms with Gasteiger partial charge in [-0.1, -0.05) is 0 Å². The molecule has 142 valence electrons. The molecule has 0 bridgehead atoms. The Labute approximate surface area is 161 Å². The molecule has 1 aromatic carbocycles. The molecule has 2 aliphatic rings. The summed E-state index contributed by atoms with van der Waals surface area (Å²) in [4.78, 5) is 25.2. The maximum atomic E-state index is 12.5. The molecule has 0 saturated heterocycles. The van der Waals surface area contributed by atoms with Crippen LogP contribution in [0.2, 0.25) is 0 Å². The van der Waals surface area contributed by atoms with E-state index in [0.717, 1.165) is 21.9 Å². The smallest absolute Gasteiger partial charge is 0.306 e. The average molecular weight is 387 g/mol. The van der Waals surface area contributed by atoms with E-state index in [-0.39, 0.29) is 17.9 Å². The lowest BCUT2D eigenvalue weighted by molar-refractivity contribution is -0.142. The van der Waals surface area contributed by atoms with Crippen molar-refractivity contribution in [3.8, 4) is 21.9 Å². The summed E-state index contributed by atoms with van der Waals surface area (Å²) in [6.07, 6.45) is 2.66. The number of benzene rings is 1. The van der Waals surface area contributed by atoms with Gasteiger partial charge in [0.2, 0.25) is 0 Å². The number of thiophene rings is 1. The summed E-state index contributed by atoms with van der Waals surface area (Å²) in [5.74, 6) is 0.371. The molecule has 2 heterocycles. The highest BCUT2D eigenvalue weighted by molar-refractivity contribution is 7.17. The fourth-order valence-electron chi connectivity index (χ4n) is 3.55. The van der Waals surface area contributed by atoms with Crippen LogP contribution < -0.4 is 14.8 Å². The van der Waals surface area contributed by atoms with Crippen molar-refractivity contribution in [1.82, 2.24) is 5.32 Å². The van der Waals surface area contributed by atoms with Crippen LogP contribution in [-0.2, 0) is 4.79 Å². The first-order valence-corrected chi connectivity index (χ1v) is 9.95. The highest BCUT2D eigenvalue weighted by Crippen LogP contribution is 2.37. The molecule has 6 nitrogen and oxygen atoms in total. The van der Waals surface area contributed by atoms with E-state index in [9.17, 15) is 9.59 Å². The van der Waals surface area contributed by atoms with Gasteiger partial charge in [-0.3, -0.25) is 9.59 Å². The molecule has 1 aliphatic heterocycles. The largest absolute Gasteiger partial charge is 0.486 e. The van der Waals surface area contributed by atoms with Crippen LogP contribution in [0.4, 0.5) is 0 Å². The molecule has 2 aromatic rings. The van der Waals surface area contributed by atoms with Gasteiger partial charge in [-0.05, 0) is 61.6 Å². The van der Waals surface area contributed by atoms with Crippen molar-refractivity contribution in [2.24, 2.45) is 5.92 Å². The molecule has 1 saturated carbocycles. The predicted molar refractivity (Wildman–Crippen MR) is 102 cm³/mol. The standard InChI is InChI=1S/C20H21NO5S/c22-19(21-14-4-1-12(2-5-14)20(23)24)18-8-7-17(27-18)13-3-6-15-16(11-13)26-10-9-25-15/h3,6-8,11-12,14H,1-2,4-5,9-10H2,(H,21,22)(H,23,24). The minimum atomic E-state index is -0.734. The number of carboxylic acid groups (broad SMARTS) is 1. The van der Waals surface area contributed by atoms with Gasteiger partial charge in [0.25, 0.3) is 5.91 Å². The number of fused-ring (bicyclic) bond motifs is 1. The summed E-state index contributed by atoms with van der Waals surface area (Å²) in [6, 6.07) is 9.61. The molecule has 4 rings (SSSR count). The summed E-state index contributed by atoms with van der Waals surface area (Å²) in [6.45, 7) is 1.10. The zero-order valence-electron chi connectivity index (χ0n) is 14.8. The van der Waals surface area contributed by atoms with Gasteiger partial charge in [0.05, 0.1) is 10.8 Å². The SMILES string of the molecule is O=C(NC1CCC(C(=O)O)CC1)c1ccc(-c2ccc3c(c2)OCCO3)s1. The Morgan fingerprint density at radius 2 is 1.74 bits per heavy atom. The molecule has 0 unspecified atom stereocenters. The Morgan fingerprint density at radius 1 is 1.00 bits per heavy atom. The number of aliphatic carboxylic acids is 1. The number of hydrogen-bond donors (Lipinski definition) is 2. The monoisotopic (exact) mass is 387 g/mol. The predicted octanol–water partition coefficient (Wildman–Crippen LogP) is 3.56. The molecule has 1 aromatic heterocycles. The van der Waals surface area contributed by atoms with E-state index >= 15 is 0 Å². The van der Waals surface area contributed by atoms with Crippen molar-refractivity contribution >= 4 is 23.2 Å². The summed E-state index contributed by atoms with van der Waals surface area (Å²) >= 11 is 1.44. The molecule has 0 radical (unpaired) electrons. The summed E-state index contributed by atoms with van der Waals surface area (Å²) in [5, 5.41) is 12.1. The van der Waals surface area contributed by atoms with E-state index in [1.165, 1.54) is 11.3 Å². The minimum absolute atomic E-state index is 0.0490. The molecule has 2 N–H and O–H groups in total. The number of amides is 1. The van der Waals surface area contributed by atoms with Crippen LogP contribution in [0.3, 0.4) is 0 Å². The second-order valence-electron chi connectivity index (χ2n) is 6.88. The van der Waals surface area contributed by atoms with Gasteiger partial charge >= 0.3 is 5.97 Å². The van der Waals surface area contributed by atoms with Gasteiger partial charge in [-0.25, -0.2) is 0 Å². The van der Waals surface area contributed by atoms with Crippen molar-refractivity contribution in [3.63, 3.8) is 0 Å². The fraction of sp³-hybridized carbons (Fsp3) is 0.400. The van der Waals surface area contributed by atoms with E-state index in [0.29, 0.717) is 43.8 Å². The number of carbonyl (C=O) groups is 2. The summed E-state index contributed by atoms with van der Waals surface area (Å²) < 4.78 is 11.2. The molecular formula is C20H21NO5S. The van der Waals surface area contributed by atoms with Crippen LogP contribution in [0.5, 0.6) is 11.5 Å². The summed E-state index contributed by atoms with van der Waals surface area (Å²) in [7, 11) is 0. The lowest BCUT2D eigenvalue weighted by atomic mass is 9.86. The number of ether oxygens (including phenoxy) is 2. The zero-order valence-corrected chi connectivity index (χ0v) is 15.6. The van der Waals surface area contributed by atoms with Crippen LogP contribution in [0.25, 0.3) is 10.4 Å². The van der Waals surface area contributed by atoms with Crippen LogP contribution in [0.1, 0.15) is 35.4 Å². The van der Waals surface area contributed by atoms with Gasteiger partial charge in [0, 0.05) is 10.9 Å². The molecular weight excluding hydrogens is 366 g/mol. The van der Waals surface area contributed by atoms with Gasteiger partial charge in [-0.2, -0.15) is 0 Å². The number of hydrogen-bond acceptors (Lipinski definition) is 5. The third-order valence-corrected chi connectivity index (χ3v) is 6.20. The molecule has 27 heavy (non-hydrogen) atoms. The Kier molecular flexibility index (Phi) is 5.03. The van der Waals surface area contributed by atoms with E-state index in [1.54, 1.807) is 0 Å². The van der Waals surface area contributed by atoms with Gasteiger partial charge < -0.3 is 19.9 Å². The van der Waals surface area contributed by atoms with Crippen LogP contribution in [0.15, 0.2) is 30.3 Å². The Hall–Kier alpha value is -2.54. The normalized spacial score (nSPS) is 21.5. The minimum Gasteiger partial charge on any atom is -0.486 e. The highest BCUT2D eigenvalue weighted by atomic mass is 32.1. The average Bonchev–Trinajstić information content (AvgIpc) is 3.18. The van der Waals surface area contributed by atoms with Gasteiger partial charge in [0.15, 0.2) is 11.5 Å². The molecule has 1 amide bonds. The van der Waals surface area contributed by atoms with Crippen molar-refractivity contribution < 1.29 is 24.2 Å². The van der Waals surface area contributed by atoms with Crippen molar-refractivity contribution in [1.29, 1.82) is 0 Å². The molecule has 7 heteroatoms. The molecule has 1 aliphatic carbocycles. The first kappa shape index (κ1) is 17.9. The third-order valence-electron chi connectivity index (χ3n) is 5.07. The number of rotatable bonds is 4. The van der Waals surface area contributed by atoms with Gasteiger partial charge in [0.1, 0.15) is 13.2 Å². The maximum Gasteiger partial charge on any atom is 0.306 e. The number of carbonyl (C=O) groups excluding carboxylic acids is 1. The van der Waals surface area contributed by atoms with Crippen LogP contribution in [-0.4, -0.2) is 36.2 Å². The van der Waals surface area contributed by atoms with E-state index in [1.807, 2.05) is 30.3 Å². The first-order valence-electron chi connectivity index (χ1n) is 9.13. The number of carboxylic acids is 1. The Bertz CT molecular complexity index is 854. The fourth-order valence-corrected chi connectivity index (χ4v) is 4.46. The van der Waals surface area contributed by atoms with Crippen molar-refractivity contribution in [3.05, 3.63) is 35.2 Å². The van der Waals surface area contributed by atoms with Crippen molar-refractivity contribution in [2.75, 3.05) is 13.2 Å². The Balaban J connectivity index is 1.40. The second kappa shape index (κ2) is 7.60. The number of nitrogens with one attached hydrogen (secondary N) is 1. The van der Waals surface area contributed by atoms with Gasteiger partial charge in [-0.15, -0.1) is 11.3 Å². The van der Waals surface area contributed by atoms with Crippen LogP contribution >= 0.6 is 11.3 Å². The lowest BCUT2D eigenvalue weighted by Crippen LogP contribution is -2.38. The first-order chi connectivity index (χ1) is 13.1. The maximum absolute atomic E-state index is 12.5. The van der Waals surface area contributed by atoms with E-state index in [4.69, 9.17) is 14.6 Å². The third kappa shape index (κ3) is 3.93. The quantitative estimate of drug-likeness (QED) is 0.838. The molecule has 1 fully saturated rings. The molecule has 0 spiro atoms. The highest BCUT2D eigenvalue weighted by Gasteiger charge is 2.27. The molecule has 0 atom stereocenters. The lowest BCUT2D eigenvalue weighted by Gasteiger charge is -2.26. The zero-order chi connectivity index (χ0) is 18.8. The van der Waals surface area contributed by atoms with E-state index < -0.39 is 5.97 Å². The topological polar surface area (TPSA) is 84.9 Å².